The summed E-state index contributed by atoms with van der Waals surface area (Å²) in [5.41, 5.74) is -1.13. The molecule has 0 aromatic heterocycles. The number of unbranched alkanes of at least 4 members (excludes halogenated alkanes) is 1. The number of carbonyl (C=O) groups excluding carboxylic acids is 1. The predicted molar refractivity (Wildman–Crippen MR) is 113 cm³/mol. The minimum absolute atomic E-state index is 0.00840. The van der Waals surface area contributed by atoms with Gasteiger partial charge in [0.15, 0.2) is 0 Å². The second kappa shape index (κ2) is 11.0. The van der Waals surface area contributed by atoms with Crippen LogP contribution >= 0.6 is 0 Å². The van der Waals surface area contributed by atoms with Crippen molar-refractivity contribution < 1.29 is 27.4 Å². The Bertz CT molecular complexity index is 971. The zero-order valence-electron chi connectivity index (χ0n) is 18.0. The van der Waals surface area contributed by atoms with Crippen molar-refractivity contribution in [2.24, 2.45) is 11.8 Å². The van der Waals surface area contributed by atoms with Gasteiger partial charge in [-0.05, 0) is 36.8 Å². The van der Waals surface area contributed by atoms with Crippen LogP contribution in [0.5, 0.6) is 11.5 Å². The first-order valence-corrected chi connectivity index (χ1v) is 10.9. The van der Waals surface area contributed by atoms with Gasteiger partial charge < -0.3 is 9.47 Å². The number of carbonyl (C=O) groups is 1. The molecule has 2 aromatic carbocycles. The molecule has 0 aliphatic heterocycles. The smallest absolute Gasteiger partial charge is 0.349 e. The third-order valence-corrected chi connectivity index (χ3v) is 5.91. The first kappa shape index (κ1) is 23.6. The van der Waals surface area contributed by atoms with Gasteiger partial charge in [0, 0.05) is 18.2 Å². The van der Waals surface area contributed by atoms with Crippen molar-refractivity contribution in [1.82, 2.24) is 0 Å². The van der Waals surface area contributed by atoms with Gasteiger partial charge in [0.1, 0.15) is 40.6 Å². The van der Waals surface area contributed by atoms with Crippen LogP contribution < -0.4 is 9.47 Å². The van der Waals surface area contributed by atoms with Crippen LogP contribution in [-0.4, -0.2) is 12.6 Å². The molecular weight excluding hydrogens is 419 g/mol. The van der Waals surface area contributed by atoms with Crippen molar-refractivity contribution >= 4 is 5.97 Å². The number of hydrogen-bond donors (Lipinski definition) is 0. The van der Waals surface area contributed by atoms with E-state index in [2.05, 4.69) is 6.92 Å². The normalized spacial score (nSPS) is 18.1. The average Bonchev–Trinajstić information content (AvgIpc) is 2.76. The van der Waals surface area contributed by atoms with Crippen molar-refractivity contribution in [3.05, 3.63) is 58.9 Å². The van der Waals surface area contributed by atoms with E-state index in [1.165, 1.54) is 25.3 Å². The molecule has 1 fully saturated rings. The number of halogens is 3. The molecule has 0 unspecified atom stereocenters. The molecule has 0 spiro atoms. The number of benzene rings is 2. The molecule has 7 heteroatoms. The molecule has 4 nitrogen and oxygen atoms in total. The molecule has 0 radical (unpaired) electrons. The number of rotatable bonds is 8. The Morgan fingerprint density at radius 3 is 2.22 bits per heavy atom. The van der Waals surface area contributed by atoms with Gasteiger partial charge >= 0.3 is 5.97 Å². The molecule has 1 aliphatic carbocycles. The van der Waals surface area contributed by atoms with E-state index in [0.717, 1.165) is 55.9 Å². The fourth-order valence-corrected chi connectivity index (χ4v) is 4.03. The summed E-state index contributed by atoms with van der Waals surface area (Å²) in [4.78, 5) is 12.2. The monoisotopic (exact) mass is 445 g/mol. The number of nitrogens with zero attached hydrogens (tertiary/aromatic N) is 1. The SMILES string of the molecule is CCCCC1CCC(COc2cc(F)c(C(=O)Oc3ccc(C#N)c(F)c3)c(F)c2)CC1. The molecule has 1 saturated carbocycles. The largest absolute Gasteiger partial charge is 0.493 e. The minimum atomic E-state index is -1.30. The Morgan fingerprint density at radius 1 is 1.00 bits per heavy atom. The van der Waals surface area contributed by atoms with Gasteiger partial charge in [-0.2, -0.15) is 5.26 Å². The second-order valence-corrected chi connectivity index (χ2v) is 8.24. The summed E-state index contributed by atoms with van der Waals surface area (Å²) in [7, 11) is 0. The molecule has 32 heavy (non-hydrogen) atoms. The molecule has 0 atom stereocenters. The molecule has 0 saturated heterocycles. The quantitative estimate of drug-likeness (QED) is 0.341. The average molecular weight is 445 g/mol. The summed E-state index contributed by atoms with van der Waals surface area (Å²) in [5, 5.41) is 8.73. The third kappa shape index (κ3) is 6.03. The standard InChI is InChI=1S/C25H26F3NO3/c1-2-3-4-16-5-7-17(8-6-16)15-31-20-12-22(27)24(23(28)13-20)25(30)32-19-10-9-18(14-29)21(26)11-19/h9-13,16-17H,2-8,15H2,1H3. The highest BCUT2D eigenvalue weighted by Gasteiger charge is 2.24. The van der Waals surface area contributed by atoms with Crippen LogP contribution in [0.1, 0.15) is 67.8 Å². The van der Waals surface area contributed by atoms with E-state index in [1.54, 1.807) is 6.07 Å². The second-order valence-electron chi connectivity index (χ2n) is 8.24. The number of esters is 1. The highest BCUT2D eigenvalue weighted by molar-refractivity contribution is 5.91. The first-order valence-electron chi connectivity index (χ1n) is 10.9. The Balaban J connectivity index is 1.58. The fraction of sp³-hybridized carbons (Fsp3) is 0.440. The molecular formula is C25H26F3NO3. The number of hydrogen-bond acceptors (Lipinski definition) is 4. The van der Waals surface area contributed by atoms with Gasteiger partial charge in [-0.3, -0.25) is 0 Å². The highest BCUT2D eigenvalue weighted by atomic mass is 19.1. The summed E-state index contributed by atoms with van der Waals surface area (Å²) in [6.45, 7) is 2.56. The van der Waals surface area contributed by atoms with Crippen LogP contribution in [0, 0.1) is 40.6 Å². The van der Waals surface area contributed by atoms with E-state index in [1.807, 2.05) is 0 Å². The van der Waals surface area contributed by atoms with Crippen LogP contribution in [-0.2, 0) is 0 Å². The Hall–Kier alpha value is -3.01. The van der Waals surface area contributed by atoms with E-state index in [0.29, 0.717) is 12.5 Å². The van der Waals surface area contributed by atoms with E-state index in [4.69, 9.17) is 14.7 Å². The van der Waals surface area contributed by atoms with Gasteiger partial charge in [-0.25, -0.2) is 18.0 Å². The third-order valence-electron chi connectivity index (χ3n) is 5.91. The van der Waals surface area contributed by atoms with Crippen molar-refractivity contribution in [2.45, 2.75) is 51.9 Å². The van der Waals surface area contributed by atoms with Gasteiger partial charge in [0.25, 0.3) is 0 Å². The Labute approximate surface area is 186 Å². The van der Waals surface area contributed by atoms with Gasteiger partial charge in [0.2, 0.25) is 0 Å². The van der Waals surface area contributed by atoms with Crippen LogP contribution in [0.2, 0.25) is 0 Å². The van der Waals surface area contributed by atoms with Crippen LogP contribution in [0.3, 0.4) is 0 Å². The summed E-state index contributed by atoms with van der Waals surface area (Å²) >= 11 is 0. The van der Waals surface area contributed by atoms with E-state index in [9.17, 15) is 18.0 Å². The predicted octanol–water partition coefficient (Wildman–Crippen LogP) is 6.57. The maximum absolute atomic E-state index is 14.5. The lowest BCUT2D eigenvalue weighted by Crippen LogP contribution is -2.20. The van der Waals surface area contributed by atoms with E-state index < -0.39 is 29.0 Å². The van der Waals surface area contributed by atoms with Crippen molar-refractivity contribution in [2.75, 3.05) is 6.61 Å². The summed E-state index contributed by atoms with van der Waals surface area (Å²) in [6, 6.07) is 6.62. The summed E-state index contributed by atoms with van der Waals surface area (Å²) in [5.74, 6) is -3.60. The summed E-state index contributed by atoms with van der Waals surface area (Å²) in [6.07, 6.45) is 8.07. The minimum Gasteiger partial charge on any atom is -0.493 e. The molecule has 2 aromatic rings. The fourth-order valence-electron chi connectivity index (χ4n) is 4.03. The highest BCUT2D eigenvalue weighted by Crippen LogP contribution is 2.32. The van der Waals surface area contributed by atoms with Gasteiger partial charge in [-0.1, -0.05) is 39.0 Å². The zero-order valence-corrected chi connectivity index (χ0v) is 18.0. The molecule has 0 heterocycles. The van der Waals surface area contributed by atoms with Gasteiger partial charge in [0.05, 0.1) is 12.2 Å². The maximum Gasteiger partial charge on any atom is 0.349 e. The van der Waals surface area contributed by atoms with E-state index in [-0.39, 0.29) is 17.1 Å². The molecule has 3 rings (SSSR count). The topological polar surface area (TPSA) is 59.3 Å². The van der Waals surface area contributed by atoms with Crippen molar-refractivity contribution in [3.8, 4) is 17.6 Å². The first-order chi connectivity index (χ1) is 15.4. The van der Waals surface area contributed by atoms with E-state index >= 15 is 0 Å². The molecule has 0 N–H and O–H groups in total. The van der Waals surface area contributed by atoms with Crippen molar-refractivity contribution in [1.29, 1.82) is 5.26 Å². The van der Waals surface area contributed by atoms with Crippen LogP contribution in [0.25, 0.3) is 0 Å². The maximum atomic E-state index is 14.5. The van der Waals surface area contributed by atoms with Crippen molar-refractivity contribution in [3.63, 3.8) is 0 Å². The van der Waals surface area contributed by atoms with Gasteiger partial charge in [-0.15, -0.1) is 0 Å². The summed E-state index contributed by atoms with van der Waals surface area (Å²) < 4.78 is 53.0. The molecule has 170 valence electrons. The lowest BCUT2D eigenvalue weighted by molar-refractivity contribution is 0.0724. The number of nitriles is 1. The molecule has 0 amide bonds. The molecule has 1 aliphatic rings. The zero-order chi connectivity index (χ0) is 23.1. The lowest BCUT2D eigenvalue weighted by atomic mass is 9.80. The lowest BCUT2D eigenvalue weighted by Gasteiger charge is -2.28. The Morgan fingerprint density at radius 2 is 1.62 bits per heavy atom. The van der Waals surface area contributed by atoms with Crippen LogP contribution in [0.15, 0.2) is 30.3 Å². The Kier molecular flexibility index (Phi) is 8.15. The molecule has 0 bridgehead atoms. The number of ether oxygens (including phenoxy) is 2. The van der Waals surface area contributed by atoms with Crippen LogP contribution in [0.4, 0.5) is 13.2 Å².